The zero-order valence-electron chi connectivity index (χ0n) is 15.2. The quantitative estimate of drug-likeness (QED) is 0.516. The van der Waals surface area contributed by atoms with Crippen molar-refractivity contribution in [2.24, 2.45) is 0 Å². The molecule has 6 nitrogen and oxygen atoms in total. The fraction of sp³-hybridized carbons (Fsp3) is 0.250. The van der Waals surface area contributed by atoms with Gasteiger partial charge in [0.15, 0.2) is 5.58 Å². The van der Waals surface area contributed by atoms with Gasteiger partial charge in [-0.15, -0.1) is 10.2 Å². The van der Waals surface area contributed by atoms with Gasteiger partial charge in [-0.1, -0.05) is 48.5 Å². The van der Waals surface area contributed by atoms with Crippen LogP contribution in [0.3, 0.4) is 0 Å². The van der Waals surface area contributed by atoms with Gasteiger partial charge in [-0.25, -0.2) is 0 Å². The lowest BCUT2D eigenvalue weighted by atomic mass is 10.1. The van der Waals surface area contributed by atoms with Gasteiger partial charge in [-0.3, -0.25) is 9.20 Å². The number of aromatic nitrogens is 3. The average Bonchev–Trinajstić information content (AvgIpc) is 3.27. The molecule has 0 radical (unpaired) electrons. The Hall–Kier alpha value is -2.80. The van der Waals surface area contributed by atoms with Gasteiger partial charge in [-0.2, -0.15) is 0 Å². The number of nitrogens with one attached hydrogen (secondary N) is 1. The van der Waals surface area contributed by atoms with Gasteiger partial charge in [0.05, 0.1) is 23.0 Å². The summed E-state index contributed by atoms with van der Waals surface area (Å²) >= 11 is 1.39. The van der Waals surface area contributed by atoms with E-state index in [4.69, 9.17) is 4.42 Å². The number of carbonyl (C=O) groups excluding carboxylic acids is 1. The lowest BCUT2D eigenvalue weighted by molar-refractivity contribution is -0.118. The van der Waals surface area contributed by atoms with Crippen molar-refractivity contribution in [3.8, 4) is 0 Å². The minimum absolute atomic E-state index is 0.0321. The van der Waals surface area contributed by atoms with Gasteiger partial charge in [0.25, 0.3) is 0 Å². The number of thioether (sulfide) groups is 1. The molecule has 0 saturated heterocycles. The summed E-state index contributed by atoms with van der Waals surface area (Å²) in [4.78, 5) is 12.2. The second-order valence-corrected chi connectivity index (χ2v) is 7.33. The molecule has 27 heavy (non-hydrogen) atoms. The molecule has 0 bridgehead atoms. The molecule has 4 rings (SSSR count). The number of nitrogens with zero attached hydrogens (tertiary/aromatic N) is 3. The molecule has 0 unspecified atom stereocenters. The number of carbonyl (C=O) groups is 1. The topological polar surface area (TPSA) is 72.4 Å². The minimum Gasteiger partial charge on any atom is -0.463 e. The number of hydrogen-bond acceptors (Lipinski definition) is 5. The predicted molar refractivity (Wildman–Crippen MR) is 106 cm³/mol. The van der Waals surface area contributed by atoms with Gasteiger partial charge in [0.1, 0.15) is 10.9 Å². The van der Waals surface area contributed by atoms with Crippen molar-refractivity contribution < 1.29 is 9.21 Å². The van der Waals surface area contributed by atoms with Crippen molar-refractivity contribution in [2.45, 2.75) is 31.8 Å². The van der Waals surface area contributed by atoms with Crippen molar-refractivity contribution in [1.29, 1.82) is 0 Å². The third kappa shape index (κ3) is 3.55. The van der Waals surface area contributed by atoms with E-state index in [1.54, 1.807) is 6.26 Å². The molecule has 0 atom stereocenters. The van der Waals surface area contributed by atoms with Crippen molar-refractivity contribution in [3.05, 3.63) is 59.6 Å². The second kappa shape index (κ2) is 7.44. The summed E-state index contributed by atoms with van der Waals surface area (Å²) in [7, 11) is 0. The van der Waals surface area contributed by atoms with E-state index in [2.05, 4.69) is 19.9 Å². The lowest BCUT2D eigenvalue weighted by Gasteiger charge is -2.08. The largest absolute Gasteiger partial charge is 0.463 e. The van der Waals surface area contributed by atoms with Crippen LogP contribution in [0.5, 0.6) is 0 Å². The maximum Gasteiger partial charge on any atom is 0.230 e. The molecule has 138 valence electrons. The number of hydrogen-bond donors (Lipinski definition) is 1. The van der Waals surface area contributed by atoms with Crippen LogP contribution in [0, 0.1) is 6.92 Å². The summed E-state index contributed by atoms with van der Waals surface area (Å²) in [5.74, 6) is 1.12. The molecule has 0 aliphatic rings. The third-order valence-corrected chi connectivity index (χ3v) is 5.39. The second-order valence-electron chi connectivity index (χ2n) is 6.36. The summed E-state index contributed by atoms with van der Waals surface area (Å²) in [6.07, 6.45) is 2.43. The molecular formula is C20H20N4O2S. The molecule has 0 aliphatic heterocycles. The van der Waals surface area contributed by atoms with E-state index in [1.807, 2.05) is 50.2 Å². The van der Waals surface area contributed by atoms with Crippen LogP contribution < -0.4 is 5.32 Å². The highest BCUT2D eigenvalue weighted by atomic mass is 32.2. The first kappa shape index (κ1) is 17.6. The van der Waals surface area contributed by atoms with Crippen LogP contribution >= 0.6 is 11.8 Å². The Bertz CT molecular complexity index is 1100. The third-order valence-electron chi connectivity index (χ3n) is 4.42. The highest BCUT2D eigenvalue weighted by Crippen LogP contribution is 2.28. The van der Waals surface area contributed by atoms with Crippen LogP contribution in [0.25, 0.3) is 16.6 Å². The zero-order chi connectivity index (χ0) is 18.8. The van der Waals surface area contributed by atoms with E-state index in [0.29, 0.717) is 6.54 Å². The molecule has 3 aromatic heterocycles. The van der Waals surface area contributed by atoms with Crippen LogP contribution in [0.2, 0.25) is 0 Å². The SMILES string of the molecule is CCc1nnc(SCC(=O)NCc2ccc(C)cc2)c2cc3occc3n12. The fourth-order valence-corrected chi connectivity index (χ4v) is 3.75. The number of benzene rings is 1. The van der Waals surface area contributed by atoms with Crippen LogP contribution in [0.15, 0.2) is 52.1 Å². The lowest BCUT2D eigenvalue weighted by Crippen LogP contribution is -2.24. The van der Waals surface area contributed by atoms with Crippen molar-refractivity contribution >= 4 is 34.3 Å². The first-order valence-electron chi connectivity index (χ1n) is 8.85. The van der Waals surface area contributed by atoms with E-state index in [0.717, 1.165) is 39.5 Å². The molecular weight excluding hydrogens is 360 g/mol. The van der Waals surface area contributed by atoms with E-state index >= 15 is 0 Å². The molecule has 0 aliphatic carbocycles. The Morgan fingerprint density at radius 2 is 2.00 bits per heavy atom. The maximum absolute atomic E-state index is 12.2. The van der Waals surface area contributed by atoms with Crippen molar-refractivity contribution in [2.75, 3.05) is 5.75 Å². The van der Waals surface area contributed by atoms with E-state index in [9.17, 15) is 4.79 Å². The molecule has 1 amide bonds. The summed E-state index contributed by atoms with van der Waals surface area (Å²) in [6.45, 7) is 4.61. The summed E-state index contributed by atoms with van der Waals surface area (Å²) in [5, 5.41) is 12.3. The molecule has 1 aromatic carbocycles. The molecule has 0 spiro atoms. The monoisotopic (exact) mass is 380 g/mol. The molecule has 0 saturated carbocycles. The Kier molecular flexibility index (Phi) is 4.85. The first-order valence-corrected chi connectivity index (χ1v) is 9.83. The normalized spacial score (nSPS) is 11.3. The Balaban J connectivity index is 1.47. The Morgan fingerprint density at radius 3 is 2.78 bits per heavy atom. The van der Waals surface area contributed by atoms with E-state index in [1.165, 1.54) is 17.3 Å². The summed E-state index contributed by atoms with van der Waals surface area (Å²) < 4.78 is 7.57. The number of rotatable bonds is 6. The average molecular weight is 380 g/mol. The zero-order valence-corrected chi connectivity index (χ0v) is 16.0. The predicted octanol–water partition coefficient (Wildman–Crippen LogP) is 3.75. The van der Waals surface area contributed by atoms with E-state index in [-0.39, 0.29) is 11.7 Å². The van der Waals surface area contributed by atoms with Crippen molar-refractivity contribution in [3.63, 3.8) is 0 Å². The van der Waals surface area contributed by atoms with Gasteiger partial charge >= 0.3 is 0 Å². The number of furan rings is 1. The summed E-state index contributed by atoms with van der Waals surface area (Å²) in [5.41, 5.74) is 4.98. The standard InChI is InChI=1S/C20H20N4O2S/c1-3-18-22-23-20(16-10-17-15(24(16)18)8-9-26-17)27-12-19(25)21-11-14-6-4-13(2)5-7-14/h4-10H,3,11-12H2,1-2H3,(H,21,25). The van der Waals surface area contributed by atoms with Crippen LogP contribution in [-0.2, 0) is 17.8 Å². The number of amides is 1. The van der Waals surface area contributed by atoms with Gasteiger partial charge in [-0.05, 0) is 12.5 Å². The number of aryl methyl sites for hydroxylation is 2. The van der Waals surface area contributed by atoms with Gasteiger partial charge in [0, 0.05) is 25.1 Å². The summed E-state index contributed by atoms with van der Waals surface area (Å²) in [6, 6.07) is 12.0. The smallest absolute Gasteiger partial charge is 0.230 e. The van der Waals surface area contributed by atoms with Gasteiger partial charge < -0.3 is 9.73 Å². The molecule has 3 heterocycles. The van der Waals surface area contributed by atoms with E-state index < -0.39 is 0 Å². The van der Waals surface area contributed by atoms with Crippen molar-refractivity contribution in [1.82, 2.24) is 19.9 Å². The number of fused-ring (bicyclic) bond motifs is 3. The molecule has 7 heteroatoms. The maximum atomic E-state index is 12.2. The highest BCUT2D eigenvalue weighted by Gasteiger charge is 2.15. The molecule has 1 N–H and O–H groups in total. The molecule has 4 aromatic rings. The molecule has 0 fully saturated rings. The Labute approximate surface area is 161 Å². The fourth-order valence-electron chi connectivity index (χ4n) is 2.98. The van der Waals surface area contributed by atoms with Crippen LogP contribution in [0.4, 0.5) is 0 Å². The first-order chi connectivity index (χ1) is 13.2. The Morgan fingerprint density at radius 1 is 1.19 bits per heavy atom. The minimum atomic E-state index is -0.0321. The van der Waals surface area contributed by atoms with Crippen LogP contribution in [-0.4, -0.2) is 26.3 Å². The highest BCUT2D eigenvalue weighted by molar-refractivity contribution is 8.00. The van der Waals surface area contributed by atoms with Gasteiger partial charge in [0.2, 0.25) is 5.91 Å². The van der Waals surface area contributed by atoms with Crippen LogP contribution in [0.1, 0.15) is 23.9 Å².